The molecule has 0 radical (unpaired) electrons. The number of ether oxygens (including phenoxy) is 1. The van der Waals surface area contributed by atoms with E-state index in [4.69, 9.17) is 4.74 Å². The molecular formula is C14H11NaO6S. The number of hydrogen-bond donors (Lipinski definition) is 1. The molecule has 0 aliphatic rings. The molecule has 0 aliphatic carbocycles. The van der Waals surface area contributed by atoms with E-state index in [1.165, 1.54) is 18.2 Å². The van der Waals surface area contributed by atoms with E-state index in [9.17, 15) is 22.9 Å². The zero-order valence-corrected chi connectivity index (χ0v) is 14.8. The van der Waals surface area contributed by atoms with E-state index in [-0.39, 0.29) is 46.4 Å². The Morgan fingerprint density at radius 1 is 1.14 bits per heavy atom. The van der Waals surface area contributed by atoms with Crippen LogP contribution in [0.25, 0.3) is 0 Å². The Hall–Kier alpha value is -1.38. The predicted octanol–water partition coefficient (Wildman–Crippen LogP) is -1.46. The van der Waals surface area contributed by atoms with Crippen molar-refractivity contribution in [2.75, 3.05) is 7.11 Å². The van der Waals surface area contributed by atoms with Gasteiger partial charge in [-0.15, -0.1) is 0 Å². The smallest absolute Gasteiger partial charge is 0.744 e. The molecule has 22 heavy (non-hydrogen) atoms. The van der Waals surface area contributed by atoms with E-state index < -0.39 is 26.5 Å². The van der Waals surface area contributed by atoms with Crippen LogP contribution in [0.3, 0.4) is 0 Å². The van der Waals surface area contributed by atoms with E-state index in [1.54, 1.807) is 18.2 Å². The molecule has 2 aromatic carbocycles. The molecule has 0 saturated carbocycles. The van der Waals surface area contributed by atoms with Crippen LogP contribution in [0.15, 0.2) is 47.4 Å². The Kier molecular flexibility index (Phi) is 6.16. The molecule has 2 aromatic rings. The predicted molar refractivity (Wildman–Crippen MR) is 72.5 cm³/mol. The molecule has 0 atom stereocenters. The monoisotopic (exact) mass is 330 g/mol. The van der Waals surface area contributed by atoms with Crippen LogP contribution >= 0.6 is 0 Å². The summed E-state index contributed by atoms with van der Waals surface area (Å²) >= 11 is 0. The fourth-order valence-electron chi connectivity index (χ4n) is 1.88. The fraction of sp³-hybridized carbons (Fsp3) is 0.0714. The summed E-state index contributed by atoms with van der Waals surface area (Å²) in [4.78, 5) is 11.3. The number of carbonyl (C=O) groups is 1. The molecule has 0 fully saturated rings. The first kappa shape index (κ1) is 18.7. The molecule has 0 amide bonds. The average molecular weight is 330 g/mol. The van der Waals surface area contributed by atoms with Gasteiger partial charge in [-0.25, -0.2) is 8.42 Å². The summed E-state index contributed by atoms with van der Waals surface area (Å²) in [7, 11) is -3.84. The van der Waals surface area contributed by atoms with Gasteiger partial charge in [0.25, 0.3) is 0 Å². The largest absolute Gasteiger partial charge is 1.00 e. The molecule has 8 heteroatoms. The van der Waals surface area contributed by atoms with Crippen LogP contribution in [0.4, 0.5) is 0 Å². The Morgan fingerprint density at radius 2 is 1.73 bits per heavy atom. The summed E-state index contributed by atoms with van der Waals surface area (Å²) in [6.07, 6.45) is 0. The van der Waals surface area contributed by atoms with Crippen LogP contribution in [0, 0.1) is 0 Å². The maximum absolute atomic E-state index is 12.2. The zero-order valence-electron chi connectivity index (χ0n) is 11.9. The van der Waals surface area contributed by atoms with Gasteiger partial charge in [0.2, 0.25) is 0 Å². The molecule has 0 saturated heterocycles. The topological polar surface area (TPSA) is 104 Å². The van der Waals surface area contributed by atoms with Crippen LogP contribution in [-0.4, -0.2) is 31.0 Å². The third-order valence-electron chi connectivity index (χ3n) is 2.85. The quantitative estimate of drug-likeness (QED) is 0.417. The molecule has 0 aromatic heterocycles. The van der Waals surface area contributed by atoms with E-state index in [2.05, 4.69) is 0 Å². The zero-order chi connectivity index (χ0) is 15.6. The number of carbonyl (C=O) groups excluding carboxylic acids is 1. The van der Waals surface area contributed by atoms with Gasteiger partial charge in [-0.2, -0.15) is 0 Å². The fourth-order valence-corrected chi connectivity index (χ4v) is 2.63. The standard InChI is InChI=1S/C14H12O6S.Na/c1-20-11-8-7-10(13(16)14(11)21(17,18)19)12(15)9-5-3-2-4-6-9;/h2-8,16H,1H3,(H,17,18,19);/q;+1/p-1. The van der Waals surface area contributed by atoms with E-state index in [1.807, 2.05) is 0 Å². The van der Waals surface area contributed by atoms with Crippen molar-refractivity contribution < 1.29 is 57.2 Å². The summed E-state index contributed by atoms with van der Waals surface area (Å²) < 4.78 is 38.5. The first-order valence-corrected chi connectivity index (χ1v) is 7.22. The maximum atomic E-state index is 12.2. The molecule has 1 N–H and O–H groups in total. The van der Waals surface area contributed by atoms with Crippen molar-refractivity contribution >= 4 is 15.9 Å². The molecule has 110 valence electrons. The van der Waals surface area contributed by atoms with Gasteiger partial charge in [0, 0.05) is 5.56 Å². The molecule has 0 spiro atoms. The van der Waals surface area contributed by atoms with Crippen LogP contribution in [-0.2, 0) is 10.1 Å². The molecule has 0 heterocycles. The third kappa shape index (κ3) is 3.68. The van der Waals surface area contributed by atoms with Gasteiger partial charge in [0.05, 0.1) is 12.7 Å². The van der Waals surface area contributed by atoms with Crippen molar-refractivity contribution in [3.05, 3.63) is 53.6 Å². The van der Waals surface area contributed by atoms with Crippen molar-refractivity contribution in [1.82, 2.24) is 0 Å². The second kappa shape index (κ2) is 7.26. The van der Waals surface area contributed by atoms with Crippen LogP contribution < -0.4 is 34.3 Å². The second-order valence-corrected chi connectivity index (χ2v) is 5.46. The Labute approximate surface area is 149 Å². The molecule has 2 rings (SSSR count). The minimum Gasteiger partial charge on any atom is -0.744 e. The minimum atomic E-state index is -4.99. The normalized spacial score (nSPS) is 10.6. The number of methoxy groups -OCH3 is 1. The van der Waals surface area contributed by atoms with Gasteiger partial charge in [-0.05, 0) is 12.1 Å². The molecule has 0 aliphatic heterocycles. The van der Waals surface area contributed by atoms with Gasteiger partial charge in [-0.1, -0.05) is 30.3 Å². The molecule has 0 bridgehead atoms. The second-order valence-electron chi connectivity index (χ2n) is 4.14. The number of phenolic OH excluding ortho intramolecular Hbond substituents is 1. The number of rotatable bonds is 4. The van der Waals surface area contributed by atoms with Crippen molar-refractivity contribution in [3.8, 4) is 11.5 Å². The SMILES string of the molecule is COc1ccc(C(=O)c2ccccc2)c(O)c1S(=O)(=O)[O-].[Na+]. The summed E-state index contributed by atoms with van der Waals surface area (Å²) in [5.41, 5.74) is -0.0244. The molecule has 6 nitrogen and oxygen atoms in total. The van der Waals surface area contributed by atoms with Crippen LogP contribution in [0.5, 0.6) is 11.5 Å². The number of phenols is 1. The van der Waals surface area contributed by atoms with Gasteiger partial charge in [0.15, 0.2) is 5.78 Å². The first-order chi connectivity index (χ1) is 9.86. The van der Waals surface area contributed by atoms with Gasteiger partial charge in [0.1, 0.15) is 26.5 Å². The summed E-state index contributed by atoms with van der Waals surface area (Å²) in [5, 5.41) is 9.99. The van der Waals surface area contributed by atoms with E-state index in [0.717, 1.165) is 13.2 Å². The van der Waals surface area contributed by atoms with Gasteiger partial charge in [-0.3, -0.25) is 4.79 Å². The van der Waals surface area contributed by atoms with E-state index >= 15 is 0 Å². The minimum absolute atomic E-state index is 0. The summed E-state index contributed by atoms with van der Waals surface area (Å²) in [6, 6.07) is 10.3. The number of benzene rings is 2. The Morgan fingerprint density at radius 3 is 2.23 bits per heavy atom. The van der Waals surface area contributed by atoms with Crippen LogP contribution in [0.1, 0.15) is 15.9 Å². The summed E-state index contributed by atoms with van der Waals surface area (Å²) in [5.74, 6) is -1.81. The number of aromatic hydroxyl groups is 1. The number of hydrogen-bond acceptors (Lipinski definition) is 6. The van der Waals surface area contributed by atoms with Crippen molar-refractivity contribution in [1.29, 1.82) is 0 Å². The Balaban J connectivity index is 0.00000242. The maximum Gasteiger partial charge on any atom is 1.00 e. The van der Waals surface area contributed by atoms with Gasteiger partial charge < -0.3 is 14.4 Å². The van der Waals surface area contributed by atoms with Crippen molar-refractivity contribution in [2.45, 2.75) is 4.90 Å². The van der Waals surface area contributed by atoms with Crippen molar-refractivity contribution in [2.24, 2.45) is 0 Å². The Bertz CT molecular complexity index is 786. The molecular weight excluding hydrogens is 319 g/mol. The van der Waals surface area contributed by atoms with Gasteiger partial charge >= 0.3 is 29.6 Å². The van der Waals surface area contributed by atoms with Crippen LogP contribution in [0.2, 0.25) is 0 Å². The van der Waals surface area contributed by atoms with Crippen molar-refractivity contribution in [3.63, 3.8) is 0 Å². The number of ketones is 1. The average Bonchev–Trinajstić information content (AvgIpc) is 2.45. The summed E-state index contributed by atoms with van der Waals surface area (Å²) in [6.45, 7) is 0. The first-order valence-electron chi connectivity index (χ1n) is 5.82. The molecule has 0 unspecified atom stereocenters. The third-order valence-corrected chi connectivity index (χ3v) is 3.74. The van der Waals surface area contributed by atoms with E-state index in [0.29, 0.717) is 0 Å².